The zero-order valence-corrected chi connectivity index (χ0v) is 19.9. The number of benzene rings is 2. The van der Waals surface area contributed by atoms with E-state index in [2.05, 4.69) is 5.32 Å². The average Bonchev–Trinajstić information content (AvgIpc) is 3.60. The van der Waals surface area contributed by atoms with Crippen molar-refractivity contribution in [2.45, 2.75) is 59.1 Å². The number of carbonyl (C=O) groups is 2. The molecule has 1 heterocycles. The van der Waals surface area contributed by atoms with Crippen LogP contribution in [0.3, 0.4) is 0 Å². The maximum Gasteiger partial charge on any atom is 0.260 e. The summed E-state index contributed by atoms with van der Waals surface area (Å²) in [5.41, 5.74) is 2.17. The standard InChI is InChI=1S/C27H33FN2O3/c1-17(25(31)29-16-18-8-9-18)33-22-11-10-19-12-13-30(26(32)27(2,3)4)24(23(19)15-22)20-6-5-7-21(28)14-20/h5-7,10-11,14-15,17-18,24H,8-9,12-13,16H2,1-4H3,(H,29,31)/t17-,24+/m1/s1. The summed E-state index contributed by atoms with van der Waals surface area (Å²) in [7, 11) is 0. The second-order valence-electron chi connectivity index (χ2n) is 10.3. The summed E-state index contributed by atoms with van der Waals surface area (Å²) in [6.07, 6.45) is 2.42. The molecular weight excluding hydrogens is 419 g/mol. The van der Waals surface area contributed by atoms with Gasteiger partial charge in [-0.15, -0.1) is 0 Å². The van der Waals surface area contributed by atoms with Crippen molar-refractivity contribution in [2.75, 3.05) is 13.1 Å². The molecule has 5 nitrogen and oxygen atoms in total. The van der Waals surface area contributed by atoms with Gasteiger partial charge in [0.15, 0.2) is 6.10 Å². The second-order valence-corrected chi connectivity index (χ2v) is 10.3. The van der Waals surface area contributed by atoms with Crippen LogP contribution in [-0.2, 0) is 16.0 Å². The Morgan fingerprint density at radius 3 is 2.61 bits per heavy atom. The number of carbonyl (C=O) groups excluding carboxylic acids is 2. The minimum atomic E-state index is -0.634. The lowest BCUT2D eigenvalue weighted by Gasteiger charge is -2.41. The second kappa shape index (κ2) is 9.16. The Balaban J connectivity index is 1.64. The lowest BCUT2D eigenvalue weighted by atomic mass is 9.85. The third kappa shape index (κ3) is 5.37. The topological polar surface area (TPSA) is 58.6 Å². The fourth-order valence-corrected chi connectivity index (χ4v) is 4.32. The van der Waals surface area contributed by atoms with Crippen molar-refractivity contribution < 1.29 is 18.7 Å². The molecule has 6 heteroatoms. The Bertz CT molecular complexity index is 1040. The minimum Gasteiger partial charge on any atom is -0.481 e. The molecule has 1 aliphatic heterocycles. The third-order valence-electron chi connectivity index (χ3n) is 6.36. The lowest BCUT2D eigenvalue weighted by Crippen LogP contribution is -2.45. The summed E-state index contributed by atoms with van der Waals surface area (Å²) in [6, 6.07) is 11.8. The van der Waals surface area contributed by atoms with Gasteiger partial charge < -0.3 is 15.0 Å². The van der Waals surface area contributed by atoms with E-state index < -0.39 is 17.6 Å². The van der Waals surface area contributed by atoms with Gasteiger partial charge in [0, 0.05) is 18.5 Å². The molecule has 2 atom stereocenters. The van der Waals surface area contributed by atoms with Gasteiger partial charge in [0.2, 0.25) is 5.91 Å². The molecule has 2 amide bonds. The van der Waals surface area contributed by atoms with E-state index in [9.17, 15) is 14.0 Å². The first-order valence-corrected chi connectivity index (χ1v) is 11.8. The highest BCUT2D eigenvalue weighted by Gasteiger charge is 2.37. The number of ether oxygens (including phenoxy) is 1. The molecule has 176 valence electrons. The van der Waals surface area contributed by atoms with Crippen molar-refractivity contribution in [3.05, 3.63) is 65.0 Å². The summed E-state index contributed by atoms with van der Waals surface area (Å²) >= 11 is 0. The van der Waals surface area contributed by atoms with Crippen LogP contribution in [0.2, 0.25) is 0 Å². The van der Waals surface area contributed by atoms with E-state index in [-0.39, 0.29) is 17.6 Å². The first kappa shape index (κ1) is 23.3. The normalized spacial score (nSPS) is 18.9. The molecule has 0 aromatic heterocycles. The van der Waals surface area contributed by atoms with Crippen LogP contribution < -0.4 is 10.1 Å². The van der Waals surface area contributed by atoms with Gasteiger partial charge in [-0.3, -0.25) is 9.59 Å². The highest BCUT2D eigenvalue weighted by atomic mass is 19.1. The fourth-order valence-electron chi connectivity index (χ4n) is 4.32. The van der Waals surface area contributed by atoms with Gasteiger partial charge in [0.25, 0.3) is 5.91 Å². The Morgan fingerprint density at radius 2 is 1.94 bits per heavy atom. The summed E-state index contributed by atoms with van der Waals surface area (Å²) < 4.78 is 20.1. The predicted molar refractivity (Wildman–Crippen MR) is 125 cm³/mol. The molecule has 0 bridgehead atoms. The molecule has 2 aromatic carbocycles. The van der Waals surface area contributed by atoms with Crippen LogP contribution in [0.5, 0.6) is 5.75 Å². The molecule has 2 aliphatic rings. The van der Waals surface area contributed by atoms with E-state index in [1.165, 1.54) is 25.0 Å². The molecule has 33 heavy (non-hydrogen) atoms. The van der Waals surface area contributed by atoms with Crippen molar-refractivity contribution >= 4 is 11.8 Å². The number of rotatable bonds is 6. The van der Waals surface area contributed by atoms with Crippen LogP contribution in [0.1, 0.15) is 63.3 Å². The van der Waals surface area contributed by atoms with Gasteiger partial charge in [-0.2, -0.15) is 0 Å². The van der Waals surface area contributed by atoms with E-state index in [1.807, 2.05) is 49.9 Å². The first-order chi connectivity index (χ1) is 15.6. The van der Waals surface area contributed by atoms with Crippen LogP contribution in [0.25, 0.3) is 0 Å². The summed E-state index contributed by atoms with van der Waals surface area (Å²) in [4.78, 5) is 27.6. The van der Waals surface area contributed by atoms with Crippen molar-refractivity contribution in [2.24, 2.45) is 11.3 Å². The van der Waals surface area contributed by atoms with E-state index in [0.717, 1.165) is 16.7 Å². The van der Waals surface area contributed by atoms with Crippen LogP contribution in [-0.4, -0.2) is 35.9 Å². The number of hydrogen-bond acceptors (Lipinski definition) is 3. The average molecular weight is 453 g/mol. The zero-order chi connectivity index (χ0) is 23.8. The van der Waals surface area contributed by atoms with E-state index in [4.69, 9.17) is 4.74 Å². The maximum atomic E-state index is 14.2. The number of amides is 2. The van der Waals surface area contributed by atoms with Crippen molar-refractivity contribution in [1.82, 2.24) is 10.2 Å². The van der Waals surface area contributed by atoms with E-state index in [0.29, 0.717) is 31.2 Å². The summed E-state index contributed by atoms with van der Waals surface area (Å²) in [5, 5.41) is 2.95. The van der Waals surface area contributed by atoms with Crippen molar-refractivity contribution in [3.63, 3.8) is 0 Å². The molecule has 0 spiro atoms. The van der Waals surface area contributed by atoms with Crippen LogP contribution in [0.15, 0.2) is 42.5 Å². The quantitative estimate of drug-likeness (QED) is 0.695. The number of halogens is 1. The molecule has 0 unspecified atom stereocenters. The molecule has 1 N–H and O–H groups in total. The van der Waals surface area contributed by atoms with E-state index in [1.54, 1.807) is 13.0 Å². The first-order valence-electron chi connectivity index (χ1n) is 11.8. The number of fused-ring (bicyclic) bond motifs is 1. The highest BCUT2D eigenvalue weighted by Crippen LogP contribution is 2.39. The third-order valence-corrected chi connectivity index (χ3v) is 6.36. The molecule has 2 aromatic rings. The smallest absolute Gasteiger partial charge is 0.260 e. The maximum absolute atomic E-state index is 14.2. The van der Waals surface area contributed by atoms with Crippen LogP contribution in [0.4, 0.5) is 4.39 Å². The Hall–Kier alpha value is -2.89. The lowest BCUT2D eigenvalue weighted by molar-refractivity contribution is -0.141. The Labute approximate surface area is 195 Å². The largest absolute Gasteiger partial charge is 0.481 e. The number of nitrogens with zero attached hydrogens (tertiary/aromatic N) is 1. The number of hydrogen-bond donors (Lipinski definition) is 1. The van der Waals surface area contributed by atoms with Gasteiger partial charge in [0.1, 0.15) is 11.6 Å². The SMILES string of the molecule is C[C@@H](Oc1ccc2c(c1)[C@H](c1cccc(F)c1)N(C(=O)C(C)(C)C)CC2)C(=O)NCC1CC1. The summed E-state index contributed by atoms with van der Waals surface area (Å²) in [6.45, 7) is 8.69. The van der Waals surface area contributed by atoms with Gasteiger partial charge in [0.05, 0.1) is 6.04 Å². The van der Waals surface area contributed by atoms with Crippen molar-refractivity contribution in [1.29, 1.82) is 0 Å². The minimum absolute atomic E-state index is 0.0153. The molecule has 1 saturated carbocycles. The van der Waals surface area contributed by atoms with Gasteiger partial charge in [-0.25, -0.2) is 4.39 Å². The summed E-state index contributed by atoms with van der Waals surface area (Å²) in [5.74, 6) is 0.709. The van der Waals surface area contributed by atoms with Gasteiger partial charge in [-0.05, 0) is 73.1 Å². The molecule has 1 aliphatic carbocycles. The molecular formula is C27H33FN2O3. The van der Waals surface area contributed by atoms with Crippen LogP contribution in [0, 0.1) is 17.2 Å². The number of nitrogens with one attached hydrogen (secondary N) is 1. The van der Waals surface area contributed by atoms with Crippen molar-refractivity contribution in [3.8, 4) is 5.75 Å². The Kier molecular flexibility index (Phi) is 6.46. The monoisotopic (exact) mass is 452 g/mol. The highest BCUT2D eigenvalue weighted by molar-refractivity contribution is 5.83. The van der Waals surface area contributed by atoms with Crippen LogP contribution >= 0.6 is 0 Å². The molecule has 4 rings (SSSR count). The fraction of sp³-hybridized carbons (Fsp3) is 0.481. The van der Waals surface area contributed by atoms with Gasteiger partial charge in [-0.1, -0.05) is 39.0 Å². The predicted octanol–water partition coefficient (Wildman–Crippen LogP) is 4.64. The molecule has 0 saturated heterocycles. The molecule has 1 fully saturated rings. The molecule has 0 radical (unpaired) electrons. The van der Waals surface area contributed by atoms with E-state index >= 15 is 0 Å². The zero-order valence-electron chi connectivity index (χ0n) is 19.9. The Morgan fingerprint density at radius 1 is 1.18 bits per heavy atom. The van der Waals surface area contributed by atoms with Gasteiger partial charge >= 0.3 is 0 Å².